The number of nitrogens with one attached hydrogen (secondary N) is 1. The molecule has 3 nitrogen and oxygen atoms in total. The third-order valence-electron chi connectivity index (χ3n) is 3.80. The molecule has 1 aliphatic rings. The Morgan fingerprint density at radius 1 is 1.50 bits per heavy atom. The van der Waals surface area contributed by atoms with Gasteiger partial charge >= 0.3 is 0 Å². The Morgan fingerprint density at radius 2 is 2.33 bits per heavy atom. The van der Waals surface area contributed by atoms with Crippen molar-refractivity contribution in [2.24, 2.45) is 0 Å². The number of fused-ring (bicyclic) bond motifs is 1. The number of hydrogen-bond donors (Lipinski definition) is 1. The maximum absolute atomic E-state index is 6.00. The number of imidazole rings is 1. The third kappa shape index (κ3) is 2.09. The number of benzene rings is 1. The number of likely N-dealkylation sites (N-methyl/N-ethyl adjacent to an activating group) is 1. The Morgan fingerprint density at radius 3 is 3.06 bits per heavy atom. The normalized spacial score (nSPS) is 20.9. The van der Waals surface area contributed by atoms with E-state index in [9.17, 15) is 0 Å². The van der Waals surface area contributed by atoms with Crippen LogP contribution in [-0.4, -0.2) is 34.1 Å². The fraction of sp³-hybridized carbons (Fsp3) is 0.462. The number of halogens is 1. The molecule has 96 valence electrons. The van der Waals surface area contributed by atoms with Crippen LogP contribution < -0.4 is 0 Å². The van der Waals surface area contributed by atoms with E-state index in [0.717, 1.165) is 27.4 Å². The van der Waals surface area contributed by atoms with Crippen LogP contribution in [0.1, 0.15) is 12.8 Å². The van der Waals surface area contributed by atoms with E-state index >= 15 is 0 Å². The molecule has 1 unspecified atom stereocenters. The van der Waals surface area contributed by atoms with Gasteiger partial charge in [-0.05, 0) is 56.9 Å². The second-order valence-electron chi connectivity index (χ2n) is 4.98. The van der Waals surface area contributed by atoms with E-state index in [0.29, 0.717) is 6.04 Å². The summed E-state index contributed by atoms with van der Waals surface area (Å²) in [5.74, 6) is 0. The fourth-order valence-electron chi connectivity index (χ4n) is 2.74. The van der Waals surface area contributed by atoms with Crippen molar-refractivity contribution < 1.29 is 0 Å². The second kappa shape index (κ2) is 4.68. The molecule has 2 aromatic rings. The van der Waals surface area contributed by atoms with E-state index < -0.39 is 0 Å². The molecule has 1 atom stereocenters. The van der Waals surface area contributed by atoms with E-state index in [1.54, 1.807) is 0 Å². The van der Waals surface area contributed by atoms with Gasteiger partial charge in [0.05, 0.1) is 11.0 Å². The van der Waals surface area contributed by atoms with Gasteiger partial charge in [-0.3, -0.25) is 0 Å². The summed E-state index contributed by atoms with van der Waals surface area (Å²) in [6, 6.07) is 6.48. The lowest BCUT2D eigenvalue weighted by molar-refractivity contribution is 0.283. The maximum Gasteiger partial charge on any atom is 0.178 e. The largest absolute Gasteiger partial charge is 0.331 e. The molecule has 18 heavy (non-hydrogen) atoms. The van der Waals surface area contributed by atoms with Crippen molar-refractivity contribution in [1.29, 1.82) is 0 Å². The molecule has 1 N–H and O–H groups in total. The maximum atomic E-state index is 6.00. The number of nitrogens with zero attached hydrogens (tertiary/aromatic N) is 2. The molecule has 0 amide bonds. The van der Waals surface area contributed by atoms with Crippen LogP contribution in [-0.2, 0) is 6.54 Å². The SMILES string of the molecule is CN1CCCC1Cn1c(=S)[nH]c2cc(Cl)ccc21. The summed E-state index contributed by atoms with van der Waals surface area (Å²) >= 11 is 11.4. The zero-order chi connectivity index (χ0) is 12.7. The molecule has 1 aromatic heterocycles. The molecule has 5 heteroatoms. The van der Waals surface area contributed by atoms with Crippen LogP contribution in [0.4, 0.5) is 0 Å². The lowest BCUT2D eigenvalue weighted by Crippen LogP contribution is -2.29. The molecule has 0 bridgehead atoms. The van der Waals surface area contributed by atoms with Gasteiger partial charge in [0.15, 0.2) is 4.77 Å². The highest BCUT2D eigenvalue weighted by Crippen LogP contribution is 2.22. The van der Waals surface area contributed by atoms with Gasteiger partial charge in [0, 0.05) is 17.6 Å². The first-order chi connectivity index (χ1) is 8.65. The number of likely N-dealkylation sites (tertiary alicyclic amines) is 1. The van der Waals surface area contributed by atoms with Crippen molar-refractivity contribution in [2.75, 3.05) is 13.6 Å². The first-order valence-electron chi connectivity index (χ1n) is 6.23. The average molecular weight is 282 g/mol. The highest BCUT2D eigenvalue weighted by molar-refractivity contribution is 7.71. The Labute approximate surface area is 116 Å². The van der Waals surface area contributed by atoms with E-state index in [2.05, 4.69) is 21.5 Å². The molecule has 1 aromatic carbocycles. The van der Waals surface area contributed by atoms with Crippen molar-refractivity contribution in [2.45, 2.75) is 25.4 Å². The molecule has 0 spiro atoms. The van der Waals surface area contributed by atoms with Crippen molar-refractivity contribution >= 4 is 34.9 Å². The lowest BCUT2D eigenvalue weighted by Gasteiger charge is -2.20. The summed E-state index contributed by atoms with van der Waals surface area (Å²) in [5, 5.41) is 0.740. The topological polar surface area (TPSA) is 24.0 Å². The van der Waals surface area contributed by atoms with Gasteiger partial charge in [0.25, 0.3) is 0 Å². The molecule has 0 saturated carbocycles. The molecule has 1 aliphatic heterocycles. The van der Waals surface area contributed by atoms with Gasteiger partial charge < -0.3 is 14.5 Å². The minimum atomic E-state index is 0.589. The van der Waals surface area contributed by atoms with Gasteiger partial charge in [0.1, 0.15) is 0 Å². The summed E-state index contributed by atoms with van der Waals surface area (Å²) in [4.78, 5) is 5.64. The first kappa shape index (κ1) is 12.2. The van der Waals surface area contributed by atoms with Crippen LogP contribution in [0.15, 0.2) is 18.2 Å². The summed E-state index contributed by atoms with van der Waals surface area (Å²) < 4.78 is 2.97. The van der Waals surface area contributed by atoms with Crippen LogP contribution in [0.3, 0.4) is 0 Å². The van der Waals surface area contributed by atoms with Crippen molar-refractivity contribution in [3.8, 4) is 0 Å². The average Bonchev–Trinajstić information content (AvgIpc) is 2.85. The molecule has 1 saturated heterocycles. The smallest absolute Gasteiger partial charge is 0.178 e. The summed E-state index contributed by atoms with van der Waals surface area (Å²) in [6.45, 7) is 2.14. The van der Waals surface area contributed by atoms with Crippen molar-refractivity contribution in [3.63, 3.8) is 0 Å². The summed E-state index contributed by atoms with van der Waals surface area (Å²) in [5.41, 5.74) is 2.16. The lowest BCUT2D eigenvalue weighted by atomic mass is 10.2. The van der Waals surface area contributed by atoms with Crippen LogP contribution in [0.25, 0.3) is 11.0 Å². The van der Waals surface area contributed by atoms with E-state index in [4.69, 9.17) is 23.8 Å². The Hall–Kier alpha value is -0.840. The van der Waals surface area contributed by atoms with E-state index in [1.165, 1.54) is 19.4 Å². The molecule has 2 heterocycles. The Balaban J connectivity index is 2.01. The minimum absolute atomic E-state index is 0.589. The van der Waals surface area contributed by atoms with E-state index in [1.807, 2.05) is 18.2 Å². The summed E-state index contributed by atoms with van der Waals surface area (Å²) in [7, 11) is 2.19. The minimum Gasteiger partial charge on any atom is -0.331 e. The molecule has 3 rings (SSSR count). The standard InChI is InChI=1S/C13H16ClN3S/c1-16-6-2-3-10(16)8-17-12-5-4-9(14)7-11(12)15-13(17)18/h4-5,7,10H,2-3,6,8H2,1H3,(H,15,18). The highest BCUT2D eigenvalue weighted by Gasteiger charge is 2.22. The number of hydrogen-bond acceptors (Lipinski definition) is 2. The number of rotatable bonds is 2. The predicted octanol–water partition coefficient (Wildman–Crippen LogP) is 3.45. The zero-order valence-corrected chi connectivity index (χ0v) is 11.9. The van der Waals surface area contributed by atoms with Gasteiger partial charge in [-0.2, -0.15) is 0 Å². The molecular formula is C13H16ClN3S. The molecule has 1 fully saturated rings. The van der Waals surface area contributed by atoms with Crippen LogP contribution in [0.2, 0.25) is 5.02 Å². The third-order valence-corrected chi connectivity index (χ3v) is 4.36. The van der Waals surface area contributed by atoms with Crippen LogP contribution >= 0.6 is 23.8 Å². The van der Waals surface area contributed by atoms with Crippen LogP contribution in [0.5, 0.6) is 0 Å². The Bertz CT molecular complexity index is 631. The molecular weight excluding hydrogens is 266 g/mol. The highest BCUT2D eigenvalue weighted by atomic mass is 35.5. The molecule has 0 aliphatic carbocycles. The fourth-order valence-corrected chi connectivity index (χ4v) is 3.19. The van der Waals surface area contributed by atoms with Crippen LogP contribution in [0, 0.1) is 4.77 Å². The summed E-state index contributed by atoms with van der Waals surface area (Å²) in [6.07, 6.45) is 2.53. The van der Waals surface area contributed by atoms with E-state index in [-0.39, 0.29) is 0 Å². The number of aromatic nitrogens is 2. The quantitative estimate of drug-likeness (QED) is 0.853. The first-order valence-corrected chi connectivity index (χ1v) is 7.02. The zero-order valence-electron chi connectivity index (χ0n) is 10.3. The van der Waals surface area contributed by atoms with Gasteiger partial charge in [0.2, 0.25) is 0 Å². The monoisotopic (exact) mass is 281 g/mol. The number of aromatic amines is 1. The molecule has 0 radical (unpaired) electrons. The van der Waals surface area contributed by atoms with Gasteiger partial charge in [-0.25, -0.2) is 0 Å². The van der Waals surface area contributed by atoms with Crippen molar-refractivity contribution in [3.05, 3.63) is 28.0 Å². The van der Waals surface area contributed by atoms with Crippen molar-refractivity contribution in [1.82, 2.24) is 14.5 Å². The second-order valence-corrected chi connectivity index (χ2v) is 5.80. The number of H-pyrrole nitrogens is 1. The predicted molar refractivity (Wildman–Crippen MR) is 77.8 cm³/mol. The Kier molecular flexibility index (Phi) is 3.18. The van der Waals surface area contributed by atoms with Gasteiger partial charge in [-0.15, -0.1) is 0 Å². The van der Waals surface area contributed by atoms with Gasteiger partial charge in [-0.1, -0.05) is 11.6 Å².